The molecule has 0 amide bonds. The average molecular weight is 284 g/mol. The summed E-state index contributed by atoms with van der Waals surface area (Å²) in [5, 5.41) is 0.723. The Hall–Kier alpha value is -1.28. The van der Waals surface area contributed by atoms with Crippen LogP contribution in [0.1, 0.15) is 19.3 Å². The first kappa shape index (κ1) is 14.1. The molecule has 2 heterocycles. The fraction of sp³-hybridized carbons (Fsp3) is 0.727. The summed E-state index contributed by atoms with van der Waals surface area (Å²) in [6.45, 7) is 1.90. The van der Waals surface area contributed by atoms with Gasteiger partial charge in [-0.15, -0.1) is 0 Å². The topological polar surface area (TPSA) is 89.2 Å². The number of thioether (sulfide) groups is 1. The first-order valence-corrected chi connectivity index (χ1v) is 7.60. The predicted molar refractivity (Wildman–Crippen MR) is 77.6 cm³/mol. The number of hydrogen-bond acceptors (Lipinski definition) is 8. The van der Waals surface area contributed by atoms with E-state index in [9.17, 15) is 0 Å². The number of anilines is 2. The lowest BCUT2D eigenvalue weighted by atomic mass is 10.2. The molecule has 7 nitrogen and oxygen atoms in total. The summed E-state index contributed by atoms with van der Waals surface area (Å²) < 4.78 is 5.07. The molecule has 1 unspecified atom stereocenters. The zero-order valence-corrected chi connectivity index (χ0v) is 12.1. The molecule has 0 spiro atoms. The summed E-state index contributed by atoms with van der Waals surface area (Å²) >= 11 is 1.93. The van der Waals surface area contributed by atoms with Crippen LogP contribution in [0.5, 0.6) is 6.01 Å². The lowest BCUT2D eigenvalue weighted by molar-refractivity contribution is 0.378. The minimum atomic E-state index is 0.281. The number of rotatable bonds is 4. The third kappa shape index (κ3) is 3.60. The average Bonchev–Trinajstić information content (AvgIpc) is 2.72. The summed E-state index contributed by atoms with van der Waals surface area (Å²) in [6.07, 6.45) is 5.69. The fourth-order valence-electron chi connectivity index (χ4n) is 2.14. The van der Waals surface area contributed by atoms with E-state index < -0.39 is 0 Å². The number of nitrogens with zero attached hydrogens (tertiary/aromatic N) is 4. The molecule has 0 aromatic carbocycles. The Morgan fingerprint density at radius 2 is 2.16 bits per heavy atom. The van der Waals surface area contributed by atoms with Gasteiger partial charge in [-0.3, -0.25) is 5.43 Å². The second kappa shape index (κ2) is 6.76. The van der Waals surface area contributed by atoms with Gasteiger partial charge in [0.1, 0.15) is 0 Å². The molecule has 106 valence electrons. The largest absolute Gasteiger partial charge is 0.467 e. The van der Waals surface area contributed by atoms with Crippen molar-refractivity contribution in [2.24, 2.45) is 5.84 Å². The second-order valence-corrected chi connectivity index (χ2v) is 5.50. The minimum Gasteiger partial charge on any atom is -0.467 e. The summed E-state index contributed by atoms with van der Waals surface area (Å²) in [5.41, 5.74) is 2.44. The molecule has 8 heteroatoms. The second-order valence-electron chi connectivity index (χ2n) is 4.37. The van der Waals surface area contributed by atoms with Crippen LogP contribution in [-0.2, 0) is 0 Å². The van der Waals surface area contributed by atoms with Crippen LogP contribution in [0.3, 0.4) is 0 Å². The van der Waals surface area contributed by atoms with Crippen LogP contribution in [-0.4, -0.2) is 46.7 Å². The van der Waals surface area contributed by atoms with Crippen molar-refractivity contribution in [3.05, 3.63) is 0 Å². The lowest BCUT2D eigenvalue weighted by Gasteiger charge is -2.20. The molecule has 1 aromatic rings. The van der Waals surface area contributed by atoms with Crippen LogP contribution in [0.15, 0.2) is 0 Å². The first-order chi connectivity index (χ1) is 9.26. The maximum Gasteiger partial charge on any atom is 0.322 e. The standard InChI is InChI=1S/C11H20N6OS/c1-18-11-14-9(16-12)13-10(15-11)17-6-3-4-8(19-2)5-7-17/h8H,3-7,12H2,1-2H3,(H,13,14,15,16). The van der Waals surface area contributed by atoms with Gasteiger partial charge < -0.3 is 9.64 Å². The Labute approximate surface area is 117 Å². The Morgan fingerprint density at radius 1 is 1.32 bits per heavy atom. The highest BCUT2D eigenvalue weighted by Crippen LogP contribution is 2.24. The van der Waals surface area contributed by atoms with Gasteiger partial charge in [0.2, 0.25) is 11.9 Å². The van der Waals surface area contributed by atoms with Crippen LogP contribution in [0.2, 0.25) is 0 Å². The number of hydrazine groups is 1. The van der Waals surface area contributed by atoms with E-state index in [0.717, 1.165) is 31.2 Å². The van der Waals surface area contributed by atoms with Crippen molar-refractivity contribution in [3.8, 4) is 6.01 Å². The number of aromatic nitrogens is 3. The van der Waals surface area contributed by atoms with Crippen LogP contribution in [0.25, 0.3) is 0 Å². The number of ether oxygens (including phenoxy) is 1. The van der Waals surface area contributed by atoms with Crippen LogP contribution >= 0.6 is 11.8 Å². The van der Waals surface area contributed by atoms with Gasteiger partial charge in [-0.1, -0.05) is 0 Å². The van der Waals surface area contributed by atoms with E-state index in [1.807, 2.05) is 11.8 Å². The molecule has 1 saturated heterocycles. The smallest absolute Gasteiger partial charge is 0.322 e. The highest BCUT2D eigenvalue weighted by Gasteiger charge is 2.19. The zero-order chi connectivity index (χ0) is 13.7. The van der Waals surface area contributed by atoms with E-state index in [1.54, 1.807) is 0 Å². The number of methoxy groups -OCH3 is 1. The van der Waals surface area contributed by atoms with Gasteiger partial charge in [-0.05, 0) is 25.5 Å². The third-order valence-corrected chi connectivity index (χ3v) is 4.34. The van der Waals surface area contributed by atoms with Crippen molar-refractivity contribution in [1.82, 2.24) is 15.0 Å². The molecule has 0 bridgehead atoms. The van der Waals surface area contributed by atoms with Crippen molar-refractivity contribution in [1.29, 1.82) is 0 Å². The highest BCUT2D eigenvalue weighted by atomic mass is 32.2. The lowest BCUT2D eigenvalue weighted by Crippen LogP contribution is -2.27. The molecule has 19 heavy (non-hydrogen) atoms. The molecule has 0 saturated carbocycles. The Morgan fingerprint density at radius 3 is 2.84 bits per heavy atom. The van der Waals surface area contributed by atoms with Crippen LogP contribution in [0.4, 0.5) is 11.9 Å². The molecular weight excluding hydrogens is 264 g/mol. The maximum atomic E-state index is 5.37. The van der Waals surface area contributed by atoms with Gasteiger partial charge in [-0.25, -0.2) is 5.84 Å². The Kier molecular flexibility index (Phi) is 5.03. The molecule has 1 atom stereocenters. The Balaban J connectivity index is 2.16. The molecule has 1 aliphatic heterocycles. The van der Waals surface area contributed by atoms with Gasteiger partial charge in [0, 0.05) is 18.3 Å². The van der Waals surface area contributed by atoms with E-state index in [2.05, 4.69) is 31.5 Å². The summed E-state index contributed by atoms with van der Waals surface area (Å²) in [4.78, 5) is 14.8. The van der Waals surface area contributed by atoms with E-state index in [4.69, 9.17) is 10.6 Å². The number of hydrogen-bond donors (Lipinski definition) is 2. The molecule has 2 rings (SSSR count). The van der Waals surface area contributed by atoms with Crippen molar-refractivity contribution in [3.63, 3.8) is 0 Å². The third-order valence-electron chi connectivity index (χ3n) is 3.21. The molecule has 1 aromatic heterocycles. The van der Waals surface area contributed by atoms with Crippen LogP contribution < -0.4 is 20.9 Å². The summed E-state index contributed by atoms with van der Waals surface area (Å²) in [5.74, 6) is 6.32. The SMILES string of the molecule is COc1nc(NN)nc(N2CCCC(SC)CC2)n1. The van der Waals surface area contributed by atoms with E-state index >= 15 is 0 Å². The number of nitrogens with two attached hydrogens (primary N) is 1. The monoisotopic (exact) mass is 284 g/mol. The molecule has 0 aliphatic carbocycles. The Bertz CT molecular complexity index is 396. The minimum absolute atomic E-state index is 0.281. The van der Waals surface area contributed by atoms with Crippen molar-refractivity contribution < 1.29 is 4.74 Å². The van der Waals surface area contributed by atoms with Crippen molar-refractivity contribution in [2.75, 3.05) is 36.8 Å². The van der Waals surface area contributed by atoms with E-state index in [0.29, 0.717) is 11.9 Å². The molecule has 0 radical (unpaired) electrons. The summed E-state index contributed by atoms with van der Waals surface area (Å²) in [7, 11) is 1.53. The highest BCUT2D eigenvalue weighted by molar-refractivity contribution is 7.99. The fourth-order valence-corrected chi connectivity index (χ4v) is 2.89. The van der Waals surface area contributed by atoms with Gasteiger partial charge >= 0.3 is 6.01 Å². The molecule has 3 N–H and O–H groups in total. The maximum absolute atomic E-state index is 5.37. The zero-order valence-electron chi connectivity index (χ0n) is 11.3. The van der Waals surface area contributed by atoms with Gasteiger partial charge in [0.05, 0.1) is 7.11 Å². The molecular formula is C11H20N6OS. The van der Waals surface area contributed by atoms with Crippen LogP contribution in [0, 0.1) is 0 Å². The van der Waals surface area contributed by atoms with E-state index in [1.165, 1.54) is 13.5 Å². The number of nitrogen functional groups attached to an aromatic ring is 1. The normalized spacial score (nSPS) is 19.9. The van der Waals surface area contributed by atoms with E-state index in [-0.39, 0.29) is 6.01 Å². The summed E-state index contributed by atoms with van der Waals surface area (Å²) in [6, 6.07) is 0.281. The van der Waals surface area contributed by atoms with Gasteiger partial charge in [0.15, 0.2) is 0 Å². The molecule has 1 fully saturated rings. The van der Waals surface area contributed by atoms with Crippen molar-refractivity contribution >= 4 is 23.7 Å². The number of nitrogens with one attached hydrogen (secondary N) is 1. The quantitative estimate of drug-likeness (QED) is 0.622. The first-order valence-electron chi connectivity index (χ1n) is 6.31. The predicted octanol–water partition coefficient (Wildman–Crippen LogP) is 0.888. The molecule has 1 aliphatic rings. The van der Waals surface area contributed by atoms with Gasteiger partial charge in [0.25, 0.3) is 0 Å². The van der Waals surface area contributed by atoms with Crippen molar-refractivity contribution in [2.45, 2.75) is 24.5 Å². The van der Waals surface area contributed by atoms with Gasteiger partial charge in [-0.2, -0.15) is 26.7 Å².